The van der Waals surface area contributed by atoms with Crippen LogP contribution in [-0.4, -0.2) is 40.6 Å². The summed E-state index contributed by atoms with van der Waals surface area (Å²) in [5, 5.41) is 2.77. The number of nitrogens with one attached hydrogen (secondary N) is 1. The Balaban J connectivity index is 1.64. The number of furan rings is 1. The maximum Gasteiger partial charge on any atom is 0.323 e. The Bertz CT molecular complexity index is 614. The summed E-state index contributed by atoms with van der Waals surface area (Å²) < 4.78 is 11.0. The minimum atomic E-state index is -0.230. The summed E-state index contributed by atoms with van der Waals surface area (Å²) in [7, 11) is 0. The van der Waals surface area contributed by atoms with Crippen molar-refractivity contribution in [2.75, 3.05) is 25.0 Å². The number of hydrogen-bond donors (Lipinski definition) is 1. The fraction of sp³-hybridized carbons (Fsp3) is 0.357. The first-order valence-corrected chi connectivity index (χ1v) is 6.73. The molecular formula is C14H16N4O3. The highest BCUT2D eigenvalue weighted by atomic mass is 16.5. The molecule has 0 bridgehead atoms. The molecule has 7 nitrogen and oxygen atoms in total. The molecule has 1 atom stereocenters. The summed E-state index contributed by atoms with van der Waals surface area (Å²) in [5.74, 6) is 1.84. The molecule has 110 valence electrons. The van der Waals surface area contributed by atoms with Crippen molar-refractivity contribution in [2.45, 2.75) is 13.0 Å². The number of urea groups is 1. The summed E-state index contributed by atoms with van der Waals surface area (Å²) in [6.45, 7) is 3.23. The van der Waals surface area contributed by atoms with Gasteiger partial charge in [0.1, 0.15) is 23.5 Å². The topological polar surface area (TPSA) is 80.5 Å². The van der Waals surface area contributed by atoms with Crippen LogP contribution in [0, 0.1) is 6.92 Å². The number of carbonyl (C=O) groups is 1. The largest absolute Gasteiger partial charge is 0.467 e. The number of aromatic nitrogens is 2. The smallest absolute Gasteiger partial charge is 0.323 e. The standard InChI is InChI=1S/C14H16N4O3/c1-10-15-5-4-13(16-10)17-14(19)18-6-8-21-12(9-18)11-3-2-7-20-11/h2-5,7,12H,6,8-9H2,1H3,(H,15,16,17,19). The molecule has 0 saturated carbocycles. The van der Waals surface area contributed by atoms with Gasteiger partial charge in [-0.15, -0.1) is 0 Å². The summed E-state index contributed by atoms with van der Waals surface area (Å²) in [6.07, 6.45) is 2.98. The Labute approximate surface area is 121 Å². The Morgan fingerprint density at radius 3 is 3.14 bits per heavy atom. The Morgan fingerprint density at radius 1 is 1.48 bits per heavy atom. The molecule has 1 unspecified atom stereocenters. The lowest BCUT2D eigenvalue weighted by molar-refractivity contribution is -0.0242. The number of ether oxygens (including phenoxy) is 1. The Hall–Kier alpha value is -2.41. The second-order valence-electron chi connectivity index (χ2n) is 4.74. The van der Waals surface area contributed by atoms with Crippen molar-refractivity contribution < 1.29 is 13.9 Å². The lowest BCUT2D eigenvalue weighted by atomic mass is 10.2. The average Bonchev–Trinajstić information content (AvgIpc) is 3.02. The fourth-order valence-electron chi connectivity index (χ4n) is 2.19. The zero-order valence-corrected chi connectivity index (χ0v) is 11.7. The summed E-state index contributed by atoms with van der Waals surface area (Å²) in [6, 6.07) is 5.12. The summed E-state index contributed by atoms with van der Waals surface area (Å²) >= 11 is 0. The van der Waals surface area contributed by atoms with Crippen LogP contribution in [0.3, 0.4) is 0 Å². The molecule has 21 heavy (non-hydrogen) atoms. The molecule has 0 aromatic carbocycles. The van der Waals surface area contributed by atoms with E-state index in [-0.39, 0.29) is 12.1 Å². The van der Waals surface area contributed by atoms with Gasteiger partial charge in [0, 0.05) is 12.7 Å². The molecule has 0 spiro atoms. The average molecular weight is 288 g/mol. The molecule has 1 aliphatic heterocycles. The van der Waals surface area contributed by atoms with Crippen molar-refractivity contribution in [3.8, 4) is 0 Å². The van der Waals surface area contributed by atoms with Gasteiger partial charge in [-0.1, -0.05) is 0 Å². The van der Waals surface area contributed by atoms with Gasteiger partial charge in [-0.05, 0) is 25.1 Å². The van der Waals surface area contributed by atoms with Crippen molar-refractivity contribution in [2.24, 2.45) is 0 Å². The predicted molar refractivity (Wildman–Crippen MR) is 74.8 cm³/mol. The van der Waals surface area contributed by atoms with Crippen molar-refractivity contribution in [1.82, 2.24) is 14.9 Å². The molecule has 7 heteroatoms. The van der Waals surface area contributed by atoms with Crippen molar-refractivity contribution in [3.63, 3.8) is 0 Å². The van der Waals surface area contributed by atoms with Crippen LogP contribution < -0.4 is 5.32 Å². The number of nitrogens with zero attached hydrogens (tertiary/aromatic N) is 3. The van der Waals surface area contributed by atoms with Gasteiger partial charge in [-0.3, -0.25) is 5.32 Å². The van der Waals surface area contributed by atoms with Crippen LogP contribution in [0.15, 0.2) is 35.1 Å². The van der Waals surface area contributed by atoms with E-state index in [1.807, 2.05) is 6.07 Å². The molecule has 3 rings (SSSR count). The normalized spacial score (nSPS) is 18.5. The van der Waals surface area contributed by atoms with E-state index in [0.717, 1.165) is 5.76 Å². The van der Waals surface area contributed by atoms with E-state index < -0.39 is 0 Å². The zero-order chi connectivity index (χ0) is 14.7. The third-order valence-corrected chi connectivity index (χ3v) is 3.23. The third kappa shape index (κ3) is 3.19. The molecule has 3 heterocycles. The molecule has 1 saturated heterocycles. The third-order valence-electron chi connectivity index (χ3n) is 3.23. The van der Waals surface area contributed by atoms with Gasteiger partial charge in [0.25, 0.3) is 0 Å². The van der Waals surface area contributed by atoms with Gasteiger partial charge >= 0.3 is 6.03 Å². The van der Waals surface area contributed by atoms with Crippen LogP contribution in [0.2, 0.25) is 0 Å². The van der Waals surface area contributed by atoms with Crippen molar-refractivity contribution in [3.05, 3.63) is 42.2 Å². The lowest BCUT2D eigenvalue weighted by Crippen LogP contribution is -2.44. The van der Waals surface area contributed by atoms with Gasteiger partial charge in [-0.25, -0.2) is 14.8 Å². The van der Waals surface area contributed by atoms with Crippen LogP contribution in [0.1, 0.15) is 17.7 Å². The van der Waals surface area contributed by atoms with Gasteiger partial charge in [0.2, 0.25) is 0 Å². The van der Waals surface area contributed by atoms with E-state index >= 15 is 0 Å². The van der Waals surface area contributed by atoms with E-state index in [1.54, 1.807) is 36.4 Å². The SMILES string of the molecule is Cc1nccc(NC(=O)N2CCOC(c3ccco3)C2)n1. The van der Waals surface area contributed by atoms with E-state index in [0.29, 0.717) is 31.3 Å². The highest BCUT2D eigenvalue weighted by Crippen LogP contribution is 2.22. The first-order valence-electron chi connectivity index (χ1n) is 6.73. The first-order chi connectivity index (χ1) is 10.2. The highest BCUT2D eigenvalue weighted by Gasteiger charge is 2.27. The quantitative estimate of drug-likeness (QED) is 0.914. The maximum atomic E-state index is 12.3. The van der Waals surface area contributed by atoms with Crippen LogP contribution in [0.4, 0.5) is 10.6 Å². The highest BCUT2D eigenvalue weighted by molar-refractivity contribution is 5.88. The van der Waals surface area contributed by atoms with Gasteiger partial charge in [0.05, 0.1) is 19.4 Å². The van der Waals surface area contributed by atoms with Crippen LogP contribution in [0.25, 0.3) is 0 Å². The second kappa shape index (κ2) is 5.92. The summed E-state index contributed by atoms with van der Waals surface area (Å²) in [4.78, 5) is 22.1. The molecule has 0 radical (unpaired) electrons. The number of anilines is 1. The minimum absolute atomic E-state index is 0.201. The molecule has 0 aliphatic carbocycles. The minimum Gasteiger partial charge on any atom is -0.467 e. The Kier molecular flexibility index (Phi) is 3.83. The molecule has 1 fully saturated rings. The number of morpholine rings is 1. The fourth-order valence-corrected chi connectivity index (χ4v) is 2.19. The molecule has 2 aromatic heterocycles. The molecule has 2 amide bonds. The Morgan fingerprint density at radius 2 is 2.38 bits per heavy atom. The molecule has 1 aliphatic rings. The lowest BCUT2D eigenvalue weighted by Gasteiger charge is -2.31. The second-order valence-corrected chi connectivity index (χ2v) is 4.74. The van der Waals surface area contributed by atoms with Gasteiger partial charge in [0.15, 0.2) is 0 Å². The van der Waals surface area contributed by atoms with Crippen LogP contribution >= 0.6 is 0 Å². The molecule has 2 aromatic rings. The zero-order valence-electron chi connectivity index (χ0n) is 11.7. The molecule has 1 N–H and O–H groups in total. The van der Waals surface area contributed by atoms with E-state index in [1.165, 1.54) is 0 Å². The van der Waals surface area contributed by atoms with E-state index in [2.05, 4.69) is 15.3 Å². The van der Waals surface area contributed by atoms with Crippen molar-refractivity contribution >= 4 is 11.8 Å². The maximum absolute atomic E-state index is 12.3. The number of aryl methyl sites for hydroxylation is 1. The first kappa shape index (κ1) is 13.6. The number of rotatable bonds is 2. The molecular weight excluding hydrogens is 272 g/mol. The van der Waals surface area contributed by atoms with Crippen molar-refractivity contribution in [1.29, 1.82) is 0 Å². The van der Waals surface area contributed by atoms with Gasteiger partial charge < -0.3 is 14.1 Å². The summed E-state index contributed by atoms with van der Waals surface area (Å²) in [5.41, 5.74) is 0. The number of hydrogen-bond acceptors (Lipinski definition) is 5. The monoisotopic (exact) mass is 288 g/mol. The van der Waals surface area contributed by atoms with E-state index in [4.69, 9.17) is 9.15 Å². The van der Waals surface area contributed by atoms with Crippen LogP contribution in [0.5, 0.6) is 0 Å². The van der Waals surface area contributed by atoms with Gasteiger partial charge in [-0.2, -0.15) is 0 Å². The predicted octanol–water partition coefficient (Wildman–Crippen LogP) is 1.98. The van der Waals surface area contributed by atoms with E-state index in [9.17, 15) is 4.79 Å². The number of amides is 2. The number of carbonyl (C=O) groups excluding carboxylic acids is 1. The van der Waals surface area contributed by atoms with Crippen LogP contribution in [-0.2, 0) is 4.74 Å².